The molecule has 1 aromatic carbocycles. The van der Waals surface area contributed by atoms with E-state index >= 15 is 0 Å². The van der Waals surface area contributed by atoms with Gasteiger partial charge in [0.05, 0.1) is 25.7 Å². The molecule has 1 fully saturated rings. The molecule has 1 aliphatic heterocycles. The zero-order valence-electron chi connectivity index (χ0n) is 14.2. The molecule has 24 heavy (non-hydrogen) atoms. The lowest BCUT2D eigenvalue weighted by Crippen LogP contribution is -2.47. The number of aliphatic carboxylic acids is 1. The van der Waals surface area contributed by atoms with Crippen LogP contribution in [-0.4, -0.2) is 59.2 Å². The molecular formula is C17H23NO5S. The largest absolute Gasteiger partial charge is 0.493 e. The molecule has 0 radical (unpaired) electrons. The van der Waals surface area contributed by atoms with Crippen LogP contribution in [0, 0.1) is 0 Å². The molecule has 0 spiro atoms. The van der Waals surface area contributed by atoms with Gasteiger partial charge in [0.2, 0.25) is 0 Å². The van der Waals surface area contributed by atoms with Crippen LogP contribution >= 0.6 is 11.8 Å². The Morgan fingerprint density at radius 3 is 2.75 bits per heavy atom. The average Bonchev–Trinajstić information content (AvgIpc) is 2.54. The van der Waals surface area contributed by atoms with Crippen molar-refractivity contribution in [2.45, 2.75) is 32.4 Å². The number of carbonyl (C=O) groups excluding carboxylic acids is 1. The number of rotatable bonds is 6. The van der Waals surface area contributed by atoms with Crippen molar-refractivity contribution in [3.63, 3.8) is 0 Å². The fourth-order valence-corrected chi connectivity index (χ4v) is 3.67. The topological polar surface area (TPSA) is 76.1 Å². The molecule has 1 N–H and O–H groups in total. The Kier molecular flexibility index (Phi) is 6.36. The van der Waals surface area contributed by atoms with Crippen molar-refractivity contribution >= 4 is 23.6 Å². The summed E-state index contributed by atoms with van der Waals surface area (Å²) in [5.74, 6) is 1.47. The van der Waals surface area contributed by atoms with Crippen LogP contribution < -0.4 is 9.47 Å². The molecule has 2 rings (SSSR count). The molecule has 1 atom stereocenters. The number of hydrogen-bond acceptors (Lipinski definition) is 5. The van der Waals surface area contributed by atoms with Gasteiger partial charge in [-0.25, -0.2) is 0 Å². The van der Waals surface area contributed by atoms with Crippen molar-refractivity contribution in [3.05, 3.63) is 23.8 Å². The first-order valence-corrected chi connectivity index (χ1v) is 9.03. The van der Waals surface area contributed by atoms with Crippen LogP contribution in [0.1, 0.15) is 30.6 Å². The number of ether oxygens (including phenoxy) is 2. The maximum atomic E-state index is 12.8. The molecule has 0 saturated carbocycles. The van der Waals surface area contributed by atoms with Crippen LogP contribution in [0.4, 0.5) is 0 Å². The second kappa shape index (κ2) is 8.28. The lowest BCUT2D eigenvalue weighted by atomic mass is 10.1. The molecule has 7 heteroatoms. The summed E-state index contributed by atoms with van der Waals surface area (Å²) in [7, 11) is 1.53. The van der Waals surface area contributed by atoms with Gasteiger partial charge < -0.3 is 19.5 Å². The van der Waals surface area contributed by atoms with Crippen LogP contribution in [0.3, 0.4) is 0 Å². The molecule has 0 aromatic heterocycles. The smallest absolute Gasteiger partial charge is 0.305 e. The summed E-state index contributed by atoms with van der Waals surface area (Å²) in [5, 5.41) is 9.05. The number of benzene rings is 1. The number of carboxylic acids is 1. The summed E-state index contributed by atoms with van der Waals surface area (Å²) in [6.45, 7) is 4.38. The van der Waals surface area contributed by atoms with E-state index in [4.69, 9.17) is 14.6 Å². The van der Waals surface area contributed by atoms with Gasteiger partial charge in [0.25, 0.3) is 5.91 Å². The van der Waals surface area contributed by atoms with Crippen LogP contribution in [0.25, 0.3) is 0 Å². The van der Waals surface area contributed by atoms with E-state index in [0.29, 0.717) is 29.4 Å². The van der Waals surface area contributed by atoms with Crippen molar-refractivity contribution in [2.75, 3.05) is 25.2 Å². The third-order valence-electron chi connectivity index (χ3n) is 3.67. The van der Waals surface area contributed by atoms with Crippen LogP contribution in [0.2, 0.25) is 0 Å². The standard InChI is InChI=1S/C17H23NO5S/c1-11(2)23-14-5-4-12(8-15(14)22-3)17(21)18-6-7-24-10-13(18)9-16(19)20/h4-5,8,11,13H,6-7,9-10H2,1-3H3,(H,19,20). The van der Waals surface area contributed by atoms with Crippen molar-refractivity contribution < 1.29 is 24.2 Å². The van der Waals surface area contributed by atoms with Crippen LogP contribution in [-0.2, 0) is 4.79 Å². The molecule has 1 saturated heterocycles. The number of methoxy groups -OCH3 is 1. The van der Waals surface area contributed by atoms with E-state index in [0.717, 1.165) is 5.75 Å². The Morgan fingerprint density at radius 1 is 1.38 bits per heavy atom. The zero-order chi connectivity index (χ0) is 17.7. The van der Waals surface area contributed by atoms with Gasteiger partial charge in [0.1, 0.15) is 0 Å². The highest BCUT2D eigenvalue weighted by molar-refractivity contribution is 7.99. The minimum Gasteiger partial charge on any atom is -0.493 e. The predicted molar refractivity (Wildman–Crippen MR) is 93.2 cm³/mol. The first-order chi connectivity index (χ1) is 11.4. The highest BCUT2D eigenvalue weighted by Gasteiger charge is 2.30. The Hall–Kier alpha value is -1.89. The second-order valence-corrected chi connectivity index (χ2v) is 7.01. The average molecular weight is 353 g/mol. The van der Waals surface area contributed by atoms with E-state index < -0.39 is 5.97 Å². The van der Waals surface area contributed by atoms with Gasteiger partial charge in [0, 0.05) is 23.6 Å². The van der Waals surface area contributed by atoms with Crippen molar-refractivity contribution in [1.29, 1.82) is 0 Å². The van der Waals surface area contributed by atoms with Gasteiger partial charge in [0.15, 0.2) is 11.5 Å². The number of hydrogen-bond donors (Lipinski definition) is 1. The SMILES string of the molecule is COc1cc(C(=O)N2CCSCC2CC(=O)O)ccc1OC(C)C. The summed E-state index contributed by atoms with van der Waals surface area (Å²) in [4.78, 5) is 25.5. The van der Waals surface area contributed by atoms with Gasteiger partial charge in [-0.2, -0.15) is 11.8 Å². The molecule has 1 aromatic rings. The van der Waals surface area contributed by atoms with E-state index in [9.17, 15) is 9.59 Å². The van der Waals surface area contributed by atoms with Crippen molar-refractivity contribution in [2.24, 2.45) is 0 Å². The van der Waals surface area contributed by atoms with Gasteiger partial charge >= 0.3 is 5.97 Å². The van der Waals surface area contributed by atoms with Crippen LogP contribution in [0.5, 0.6) is 11.5 Å². The van der Waals surface area contributed by atoms with E-state index in [1.807, 2.05) is 13.8 Å². The summed E-state index contributed by atoms with van der Waals surface area (Å²) in [6, 6.07) is 4.78. The first-order valence-electron chi connectivity index (χ1n) is 7.87. The van der Waals surface area contributed by atoms with Crippen molar-refractivity contribution in [3.8, 4) is 11.5 Å². The number of carbonyl (C=O) groups is 2. The predicted octanol–water partition coefficient (Wildman–Crippen LogP) is 2.51. The van der Waals surface area contributed by atoms with E-state index in [-0.39, 0.29) is 24.5 Å². The second-order valence-electron chi connectivity index (χ2n) is 5.86. The summed E-state index contributed by atoms with van der Waals surface area (Å²) >= 11 is 1.68. The molecular weight excluding hydrogens is 330 g/mol. The fraction of sp³-hybridized carbons (Fsp3) is 0.529. The fourth-order valence-electron chi connectivity index (χ4n) is 2.61. The number of thioether (sulfide) groups is 1. The molecule has 1 aliphatic rings. The Morgan fingerprint density at radius 2 is 2.12 bits per heavy atom. The van der Waals surface area contributed by atoms with Crippen molar-refractivity contribution in [1.82, 2.24) is 4.90 Å². The molecule has 6 nitrogen and oxygen atoms in total. The Balaban J connectivity index is 2.22. The lowest BCUT2D eigenvalue weighted by Gasteiger charge is -2.34. The van der Waals surface area contributed by atoms with Gasteiger partial charge in [-0.1, -0.05) is 0 Å². The summed E-state index contributed by atoms with van der Waals surface area (Å²) in [5.41, 5.74) is 0.477. The van der Waals surface area contributed by atoms with E-state index in [1.165, 1.54) is 7.11 Å². The van der Waals surface area contributed by atoms with Gasteiger partial charge in [-0.05, 0) is 32.0 Å². The maximum absolute atomic E-state index is 12.8. The molecule has 0 bridgehead atoms. The minimum atomic E-state index is -0.890. The van der Waals surface area contributed by atoms with Gasteiger partial charge in [-0.15, -0.1) is 0 Å². The highest BCUT2D eigenvalue weighted by atomic mass is 32.2. The molecule has 132 valence electrons. The summed E-state index contributed by atoms with van der Waals surface area (Å²) in [6.07, 6.45) is -0.0377. The normalized spacial score (nSPS) is 17.7. The molecule has 0 aliphatic carbocycles. The number of nitrogens with zero attached hydrogens (tertiary/aromatic N) is 1. The van der Waals surface area contributed by atoms with E-state index in [2.05, 4.69) is 0 Å². The number of amides is 1. The molecule has 1 unspecified atom stereocenters. The maximum Gasteiger partial charge on any atom is 0.305 e. The summed E-state index contributed by atoms with van der Waals surface area (Å²) < 4.78 is 11.0. The third-order valence-corrected chi connectivity index (χ3v) is 4.76. The molecule has 1 amide bonds. The van der Waals surface area contributed by atoms with Gasteiger partial charge in [-0.3, -0.25) is 9.59 Å². The Bertz CT molecular complexity index is 605. The zero-order valence-corrected chi connectivity index (χ0v) is 15.0. The quantitative estimate of drug-likeness (QED) is 0.847. The first kappa shape index (κ1) is 18.4. The molecule has 1 heterocycles. The van der Waals surface area contributed by atoms with Crippen LogP contribution in [0.15, 0.2) is 18.2 Å². The third kappa shape index (κ3) is 4.56. The van der Waals surface area contributed by atoms with E-state index in [1.54, 1.807) is 34.9 Å². The lowest BCUT2D eigenvalue weighted by molar-refractivity contribution is -0.138. The highest BCUT2D eigenvalue weighted by Crippen LogP contribution is 2.30. The Labute approximate surface area is 146 Å². The number of carboxylic acid groups (broad SMARTS) is 1. The minimum absolute atomic E-state index is 0.000446. The monoisotopic (exact) mass is 353 g/mol.